The Bertz CT molecular complexity index is 373. The summed E-state index contributed by atoms with van der Waals surface area (Å²) in [6.07, 6.45) is -0.443. The largest absolute Gasteiger partial charge is 0.355 e. The van der Waals surface area contributed by atoms with Crippen LogP contribution in [-0.2, 0) is 25.1 Å². The molecule has 0 aliphatic heterocycles. The van der Waals surface area contributed by atoms with E-state index in [1.807, 2.05) is 6.07 Å². The average Bonchev–Trinajstić information content (AvgIpc) is 2.37. The Morgan fingerprint density at radius 2 is 1.82 bits per heavy atom. The molecular formula is C12H16O4S. The summed E-state index contributed by atoms with van der Waals surface area (Å²) in [6, 6.07) is 8.92. The summed E-state index contributed by atoms with van der Waals surface area (Å²) in [5.74, 6) is -0.145. The second-order valence-electron chi connectivity index (χ2n) is 3.45. The summed E-state index contributed by atoms with van der Waals surface area (Å²) in [4.78, 5) is 12.3. The van der Waals surface area contributed by atoms with E-state index >= 15 is 0 Å². The molecule has 0 amide bonds. The first-order valence-electron chi connectivity index (χ1n) is 5.18. The molecule has 0 aliphatic carbocycles. The first-order valence-corrected chi connectivity index (χ1v) is 6.50. The van der Waals surface area contributed by atoms with Crippen molar-refractivity contribution in [1.29, 1.82) is 0 Å². The summed E-state index contributed by atoms with van der Waals surface area (Å²) < 4.78 is 21.7. The molecule has 0 radical (unpaired) electrons. The van der Waals surface area contributed by atoms with Crippen molar-refractivity contribution in [2.75, 3.05) is 20.0 Å². The molecule has 94 valence electrons. The zero-order valence-corrected chi connectivity index (χ0v) is 10.7. The van der Waals surface area contributed by atoms with Crippen LogP contribution >= 0.6 is 0 Å². The fourth-order valence-electron chi connectivity index (χ4n) is 1.31. The molecule has 1 atom stereocenters. The van der Waals surface area contributed by atoms with Crippen molar-refractivity contribution >= 4 is 16.6 Å². The SMILES string of the molecule is COC(CC(=O)CS(=O)[13c]1ccccc1)OC. The maximum absolute atomic E-state index is 11.8. The number of hydrogen-bond acceptors (Lipinski definition) is 4. The zero-order valence-electron chi connectivity index (χ0n) is 9.92. The Kier molecular flexibility index (Phi) is 6.04. The highest BCUT2D eigenvalue weighted by atomic mass is 32.2. The van der Waals surface area contributed by atoms with E-state index in [1.54, 1.807) is 24.3 Å². The quantitative estimate of drug-likeness (QED) is 0.692. The third-order valence-electron chi connectivity index (χ3n) is 2.22. The molecule has 1 unspecified atom stereocenters. The van der Waals surface area contributed by atoms with Crippen molar-refractivity contribution in [3.8, 4) is 0 Å². The van der Waals surface area contributed by atoms with Crippen LogP contribution in [0, 0.1) is 0 Å². The fraction of sp³-hybridized carbons (Fsp3) is 0.417. The average molecular weight is 257 g/mol. The number of methoxy groups -OCH3 is 2. The molecule has 0 fully saturated rings. The third-order valence-corrected chi connectivity index (χ3v) is 3.60. The lowest BCUT2D eigenvalue weighted by Crippen LogP contribution is -2.21. The molecule has 0 heterocycles. The van der Waals surface area contributed by atoms with E-state index in [1.165, 1.54) is 14.2 Å². The van der Waals surface area contributed by atoms with Crippen molar-refractivity contribution in [2.24, 2.45) is 0 Å². The molecule has 1 aromatic rings. The number of ether oxygens (including phenoxy) is 2. The highest BCUT2D eigenvalue weighted by Crippen LogP contribution is 2.07. The van der Waals surface area contributed by atoms with Crippen LogP contribution in [0.2, 0.25) is 0 Å². The summed E-state index contributed by atoms with van der Waals surface area (Å²) in [5, 5.41) is 0. The molecule has 0 bridgehead atoms. The number of ketones is 1. The van der Waals surface area contributed by atoms with E-state index < -0.39 is 17.1 Å². The highest BCUT2D eigenvalue weighted by molar-refractivity contribution is 7.85. The van der Waals surface area contributed by atoms with Gasteiger partial charge in [-0.1, -0.05) is 18.2 Å². The Morgan fingerprint density at radius 3 is 2.35 bits per heavy atom. The van der Waals surface area contributed by atoms with Gasteiger partial charge >= 0.3 is 0 Å². The van der Waals surface area contributed by atoms with Gasteiger partial charge < -0.3 is 9.47 Å². The van der Waals surface area contributed by atoms with Crippen molar-refractivity contribution in [3.63, 3.8) is 0 Å². The minimum Gasteiger partial charge on any atom is -0.355 e. The molecule has 4 nitrogen and oxygen atoms in total. The Balaban J connectivity index is 2.49. The van der Waals surface area contributed by atoms with Crippen molar-refractivity contribution in [2.45, 2.75) is 17.6 Å². The van der Waals surface area contributed by atoms with Gasteiger partial charge in [0, 0.05) is 19.1 Å². The van der Waals surface area contributed by atoms with Gasteiger partial charge in [0.2, 0.25) is 0 Å². The monoisotopic (exact) mass is 257 g/mol. The van der Waals surface area contributed by atoms with E-state index in [0.29, 0.717) is 4.90 Å². The minimum atomic E-state index is -1.29. The lowest BCUT2D eigenvalue weighted by molar-refractivity contribution is -0.135. The number of Topliss-reactive ketones (excluding diaryl/α,β-unsaturated/α-hetero) is 1. The van der Waals surface area contributed by atoms with Gasteiger partial charge in [-0.25, -0.2) is 0 Å². The maximum Gasteiger partial charge on any atom is 0.163 e. The van der Waals surface area contributed by atoms with Gasteiger partial charge in [-0.15, -0.1) is 0 Å². The van der Waals surface area contributed by atoms with E-state index in [9.17, 15) is 9.00 Å². The summed E-state index contributed by atoms with van der Waals surface area (Å²) in [5.41, 5.74) is 0. The van der Waals surface area contributed by atoms with Gasteiger partial charge in [0.05, 0.1) is 23.0 Å². The van der Waals surface area contributed by atoms with E-state index in [-0.39, 0.29) is 18.0 Å². The van der Waals surface area contributed by atoms with Crippen molar-refractivity contribution in [3.05, 3.63) is 30.3 Å². The summed E-state index contributed by atoms with van der Waals surface area (Å²) >= 11 is 0. The Morgan fingerprint density at radius 1 is 1.24 bits per heavy atom. The minimum absolute atomic E-state index is 0.00671. The number of benzene rings is 1. The predicted molar refractivity (Wildman–Crippen MR) is 65.1 cm³/mol. The van der Waals surface area contributed by atoms with Crippen molar-refractivity contribution in [1.82, 2.24) is 0 Å². The number of rotatable bonds is 7. The van der Waals surface area contributed by atoms with Gasteiger partial charge in [0.1, 0.15) is 0 Å². The zero-order chi connectivity index (χ0) is 12.7. The second-order valence-corrected chi connectivity index (χ2v) is 4.90. The molecule has 17 heavy (non-hydrogen) atoms. The van der Waals surface area contributed by atoms with Crippen LogP contribution in [-0.4, -0.2) is 36.3 Å². The van der Waals surface area contributed by atoms with Gasteiger partial charge in [-0.2, -0.15) is 0 Å². The van der Waals surface area contributed by atoms with E-state index in [4.69, 9.17) is 9.47 Å². The van der Waals surface area contributed by atoms with Gasteiger partial charge in [-0.3, -0.25) is 9.00 Å². The fourth-order valence-corrected chi connectivity index (χ4v) is 2.35. The Hall–Kier alpha value is -1.04. The van der Waals surface area contributed by atoms with Gasteiger partial charge in [0.25, 0.3) is 0 Å². The van der Waals surface area contributed by atoms with Crippen LogP contribution in [0.5, 0.6) is 0 Å². The number of carbonyl (C=O) groups excluding carboxylic acids is 1. The normalized spacial score (nSPS) is 12.6. The molecule has 0 N–H and O–H groups in total. The molecule has 1 rings (SSSR count). The molecular weight excluding hydrogens is 241 g/mol. The number of carbonyl (C=O) groups is 1. The van der Waals surface area contributed by atoms with Crippen LogP contribution in [0.4, 0.5) is 0 Å². The standard InChI is InChI=1S/C12H16O4S/c1-15-12(16-2)8-10(13)9-17(14)11-6-4-3-5-7-11/h3-7,12H,8-9H2,1-2H3/i11+1. The molecule has 0 aromatic heterocycles. The Labute approximate surface area is 103 Å². The van der Waals surface area contributed by atoms with E-state index in [0.717, 1.165) is 0 Å². The molecule has 5 heteroatoms. The lowest BCUT2D eigenvalue weighted by atomic mass is 10.3. The van der Waals surface area contributed by atoms with E-state index in [2.05, 4.69) is 0 Å². The van der Waals surface area contributed by atoms with Crippen LogP contribution in [0.15, 0.2) is 35.2 Å². The smallest absolute Gasteiger partial charge is 0.163 e. The van der Waals surface area contributed by atoms with Crippen LogP contribution in [0.1, 0.15) is 6.42 Å². The highest BCUT2D eigenvalue weighted by Gasteiger charge is 2.15. The topological polar surface area (TPSA) is 52.6 Å². The van der Waals surface area contributed by atoms with Gasteiger partial charge in [-0.05, 0) is 12.1 Å². The molecule has 0 aliphatic rings. The third kappa shape index (κ3) is 4.77. The van der Waals surface area contributed by atoms with Crippen LogP contribution in [0.3, 0.4) is 0 Å². The van der Waals surface area contributed by atoms with Crippen molar-refractivity contribution < 1.29 is 18.5 Å². The first-order chi connectivity index (χ1) is 8.17. The molecule has 1 aromatic carbocycles. The molecule has 0 saturated carbocycles. The van der Waals surface area contributed by atoms with Gasteiger partial charge in [0.15, 0.2) is 12.1 Å². The predicted octanol–water partition coefficient (Wildman–Crippen LogP) is 1.37. The number of hydrogen-bond donors (Lipinski definition) is 0. The lowest BCUT2D eigenvalue weighted by Gasteiger charge is -2.11. The molecule has 0 spiro atoms. The van der Waals surface area contributed by atoms with Crippen LogP contribution < -0.4 is 0 Å². The summed E-state index contributed by atoms with van der Waals surface area (Å²) in [7, 11) is 1.64. The summed E-state index contributed by atoms with van der Waals surface area (Å²) in [6.45, 7) is 0. The van der Waals surface area contributed by atoms with Crippen LogP contribution in [0.25, 0.3) is 0 Å². The first kappa shape index (κ1) is 14.0. The molecule has 0 saturated heterocycles. The maximum atomic E-state index is 11.8. The second kappa shape index (κ2) is 7.32.